The summed E-state index contributed by atoms with van der Waals surface area (Å²) in [6.07, 6.45) is 3.38. The van der Waals surface area contributed by atoms with Gasteiger partial charge in [-0.15, -0.1) is 0 Å². The number of rotatable bonds is 2. The number of imidazole rings is 1. The number of carboxylic acids is 1. The quantitative estimate of drug-likeness (QED) is 0.920. The van der Waals surface area contributed by atoms with Crippen LogP contribution in [0.25, 0.3) is 5.69 Å². The van der Waals surface area contributed by atoms with Crippen LogP contribution in [0.3, 0.4) is 0 Å². The zero-order valence-electron chi connectivity index (χ0n) is 8.51. The summed E-state index contributed by atoms with van der Waals surface area (Å²) in [6, 6.07) is 5.26. The van der Waals surface area contributed by atoms with Crippen molar-refractivity contribution in [2.45, 2.75) is 6.92 Å². The number of nitrogens with zero attached hydrogens (tertiary/aromatic N) is 2. The molecule has 1 aromatic heterocycles. The lowest BCUT2D eigenvalue weighted by Crippen LogP contribution is -2.06. The van der Waals surface area contributed by atoms with E-state index in [0.717, 1.165) is 5.82 Å². The highest BCUT2D eigenvalue weighted by molar-refractivity contribution is 9.10. The minimum atomic E-state index is -0.962. The molecule has 2 rings (SSSR count). The van der Waals surface area contributed by atoms with Gasteiger partial charge < -0.3 is 9.67 Å². The highest BCUT2D eigenvalue weighted by Gasteiger charge is 2.15. The third kappa shape index (κ3) is 1.74. The summed E-state index contributed by atoms with van der Waals surface area (Å²) in [5.74, 6) is -0.212. The van der Waals surface area contributed by atoms with Gasteiger partial charge in [-0.1, -0.05) is 6.07 Å². The van der Waals surface area contributed by atoms with Crippen LogP contribution in [0.1, 0.15) is 16.2 Å². The molecule has 0 aliphatic carbocycles. The molecule has 0 aliphatic heterocycles. The van der Waals surface area contributed by atoms with Crippen LogP contribution < -0.4 is 0 Å². The Hall–Kier alpha value is -1.62. The maximum atomic E-state index is 11.2. The average molecular weight is 281 g/mol. The first-order chi connectivity index (χ1) is 7.61. The van der Waals surface area contributed by atoms with Gasteiger partial charge in [0.2, 0.25) is 0 Å². The van der Waals surface area contributed by atoms with Crippen LogP contribution in [-0.4, -0.2) is 20.6 Å². The van der Waals surface area contributed by atoms with E-state index in [0.29, 0.717) is 10.2 Å². The molecule has 0 spiro atoms. The van der Waals surface area contributed by atoms with E-state index in [-0.39, 0.29) is 5.56 Å². The fourth-order valence-electron chi connectivity index (χ4n) is 1.56. The fraction of sp³-hybridized carbons (Fsp3) is 0.0909. The Kier molecular flexibility index (Phi) is 2.78. The molecule has 0 saturated heterocycles. The van der Waals surface area contributed by atoms with Gasteiger partial charge in [-0.2, -0.15) is 0 Å². The molecule has 0 saturated carbocycles. The smallest absolute Gasteiger partial charge is 0.338 e. The predicted molar refractivity (Wildman–Crippen MR) is 63.0 cm³/mol. The van der Waals surface area contributed by atoms with Gasteiger partial charge in [-0.25, -0.2) is 9.78 Å². The molecule has 1 aromatic carbocycles. The average Bonchev–Trinajstić information content (AvgIpc) is 2.63. The topological polar surface area (TPSA) is 55.1 Å². The molecule has 0 fully saturated rings. The zero-order valence-corrected chi connectivity index (χ0v) is 10.1. The number of hydrogen-bond donors (Lipinski definition) is 1. The number of aromatic nitrogens is 2. The Balaban J connectivity index is 2.70. The second kappa shape index (κ2) is 4.09. The molecule has 0 atom stereocenters. The van der Waals surface area contributed by atoms with E-state index in [1.165, 1.54) is 0 Å². The monoisotopic (exact) mass is 280 g/mol. The van der Waals surface area contributed by atoms with Crippen molar-refractivity contribution in [3.8, 4) is 5.69 Å². The maximum absolute atomic E-state index is 11.2. The Morgan fingerprint density at radius 1 is 1.50 bits per heavy atom. The Morgan fingerprint density at radius 2 is 2.25 bits per heavy atom. The molecule has 0 bridgehead atoms. The molecule has 0 radical (unpaired) electrons. The van der Waals surface area contributed by atoms with Crippen molar-refractivity contribution in [2.75, 3.05) is 0 Å². The summed E-state index contributed by atoms with van der Waals surface area (Å²) in [4.78, 5) is 15.3. The van der Waals surface area contributed by atoms with Crippen molar-refractivity contribution in [1.82, 2.24) is 9.55 Å². The van der Waals surface area contributed by atoms with Gasteiger partial charge in [0.1, 0.15) is 5.82 Å². The van der Waals surface area contributed by atoms with E-state index in [2.05, 4.69) is 20.9 Å². The number of aryl methyl sites for hydroxylation is 1. The fourth-order valence-corrected chi connectivity index (χ4v) is 2.08. The summed E-state index contributed by atoms with van der Waals surface area (Å²) in [5.41, 5.74) is 0.848. The molecule has 2 aromatic rings. The lowest BCUT2D eigenvalue weighted by Gasteiger charge is -2.10. The van der Waals surface area contributed by atoms with E-state index >= 15 is 0 Å². The van der Waals surface area contributed by atoms with Crippen molar-refractivity contribution >= 4 is 21.9 Å². The molecule has 0 unspecified atom stereocenters. The van der Waals surface area contributed by atoms with E-state index in [1.54, 1.807) is 35.2 Å². The number of aromatic carboxylic acids is 1. The molecule has 1 N–H and O–H groups in total. The number of benzene rings is 1. The highest BCUT2D eigenvalue weighted by atomic mass is 79.9. The number of carboxylic acid groups (broad SMARTS) is 1. The Morgan fingerprint density at radius 3 is 2.81 bits per heavy atom. The van der Waals surface area contributed by atoms with Gasteiger partial charge in [-0.3, -0.25) is 0 Å². The third-order valence-electron chi connectivity index (χ3n) is 2.29. The molecule has 16 heavy (non-hydrogen) atoms. The second-order valence-electron chi connectivity index (χ2n) is 3.28. The van der Waals surface area contributed by atoms with E-state index < -0.39 is 5.97 Å². The van der Waals surface area contributed by atoms with Crippen molar-refractivity contribution in [2.24, 2.45) is 0 Å². The van der Waals surface area contributed by atoms with Crippen LogP contribution in [0, 0.1) is 6.92 Å². The predicted octanol–water partition coefficient (Wildman–Crippen LogP) is 2.64. The standard InChI is InChI=1S/C11H9BrN2O2/c1-7-13-5-6-14(7)9-4-2-3-8(12)10(9)11(15)16/h2-6H,1H3,(H,15,16). The first kappa shape index (κ1) is 10.9. The van der Waals surface area contributed by atoms with Gasteiger partial charge in [0.25, 0.3) is 0 Å². The Bertz CT molecular complexity index is 549. The van der Waals surface area contributed by atoms with E-state index in [4.69, 9.17) is 0 Å². The van der Waals surface area contributed by atoms with Gasteiger partial charge in [0.15, 0.2) is 0 Å². The third-order valence-corrected chi connectivity index (χ3v) is 2.95. The van der Waals surface area contributed by atoms with Crippen LogP contribution in [0.4, 0.5) is 0 Å². The largest absolute Gasteiger partial charge is 0.478 e. The van der Waals surface area contributed by atoms with Crippen molar-refractivity contribution in [3.05, 3.63) is 46.5 Å². The lowest BCUT2D eigenvalue weighted by molar-refractivity contribution is 0.0696. The maximum Gasteiger partial charge on any atom is 0.338 e. The van der Waals surface area contributed by atoms with Crippen LogP contribution in [0.5, 0.6) is 0 Å². The first-order valence-electron chi connectivity index (χ1n) is 4.63. The second-order valence-corrected chi connectivity index (χ2v) is 4.14. The van der Waals surface area contributed by atoms with Crippen molar-refractivity contribution in [3.63, 3.8) is 0 Å². The molecule has 4 nitrogen and oxygen atoms in total. The number of carbonyl (C=O) groups is 1. The summed E-state index contributed by atoms with van der Waals surface area (Å²) >= 11 is 3.24. The first-order valence-corrected chi connectivity index (χ1v) is 5.42. The minimum absolute atomic E-state index is 0.239. The van der Waals surface area contributed by atoms with Crippen molar-refractivity contribution < 1.29 is 9.90 Å². The minimum Gasteiger partial charge on any atom is -0.478 e. The molecular formula is C11H9BrN2O2. The summed E-state index contributed by atoms with van der Waals surface area (Å²) in [6.45, 7) is 1.83. The molecule has 5 heteroatoms. The number of hydrogen-bond acceptors (Lipinski definition) is 2. The molecule has 0 aliphatic rings. The molecular weight excluding hydrogens is 272 g/mol. The van der Waals surface area contributed by atoms with Gasteiger partial charge in [-0.05, 0) is 35.0 Å². The van der Waals surface area contributed by atoms with E-state index in [1.807, 2.05) is 6.92 Å². The highest BCUT2D eigenvalue weighted by Crippen LogP contribution is 2.24. The lowest BCUT2D eigenvalue weighted by atomic mass is 10.2. The normalized spacial score (nSPS) is 10.4. The van der Waals surface area contributed by atoms with Crippen molar-refractivity contribution in [1.29, 1.82) is 0 Å². The van der Waals surface area contributed by atoms with Crippen LogP contribution in [0.2, 0.25) is 0 Å². The van der Waals surface area contributed by atoms with Crippen LogP contribution >= 0.6 is 15.9 Å². The van der Waals surface area contributed by atoms with Gasteiger partial charge in [0, 0.05) is 16.9 Å². The van der Waals surface area contributed by atoms with Gasteiger partial charge in [0.05, 0.1) is 11.3 Å². The van der Waals surface area contributed by atoms with Crippen LogP contribution in [-0.2, 0) is 0 Å². The molecule has 82 valence electrons. The number of halogens is 1. The zero-order chi connectivity index (χ0) is 11.7. The molecule has 1 heterocycles. The Labute approximate surface area is 101 Å². The SMILES string of the molecule is Cc1nccn1-c1cccc(Br)c1C(=O)O. The molecule has 0 amide bonds. The van der Waals surface area contributed by atoms with Gasteiger partial charge >= 0.3 is 5.97 Å². The summed E-state index contributed by atoms with van der Waals surface area (Å²) < 4.78 is 2.31. The summed E-state index contributed by atoms with van der Waals surface area (Å²) in [5, 5.41) is 9.17. The van der Waals surface area contributed by atoms with Crippen LogP contribution in [0.15, 0.2) is 35.1 Å². The summed E-state index contributed by atoms with van der Waals surface area (Å²) in [7, 11) is 0. The van der Waals surface area contributed by atoms with E-state index in [9.17, 15) is 9.90 Å².